The Morgan fingerprint density at radius 1 is 1.10 bits per heavy atom. The smallest absolute Gasteiger partial charge is 0.257 e. The third-order valence-electron chi connectivity index (χ3n) is 4.60. The van der Waals surface area contributed by atoms with Gasteiger partial charge in [-0.1, -0.05) is 42.8 Å². The Morgan fingerprint density at radius 3 is 2.60 bits per heavy atom. The molecule has 0 unspecified atom stereocenters. The van der Waals surface area contributed by atoms with Crippen LogP contribution in [0.4, 0.5) is 5.69 Å². The van der Waals surface area contributed by atoms with Crippen LogP contribution >= 0.6 is 23.8 Å². The number of carbonyl (C=O) groups is 1. The third-order valence-corrected chi connectivity index (χ3v) is 5.13. The van der Waals surface area contributed by atoms with E-state index in [9.17, 15) is 4.79 Å². The van der Waals surface area contributed by atoms with Gasteiger partial charge in [0.2, 0.25) is 5.89 Å². The predicted octanol–water partition coefficient (Wildman–Crippen LogP) is 5.84. The van der Waals surface area contributed by atoms with E-state index in [0.717, 1.165) is 11.9 Å². The zero-order chi connectivity index (χ0) is 21.1. The summed E-state index contributed by atoms with van der Waals surface area (Å²) >= 11 is 11.6. The van der Waals surface area contributed by atoms with E-state index in [2.05, 4.69) is 22.5 Å². The van der Waals surface area contributed by atoms with Gasteiger partial charge in [-0.3, -0.25) is 10.1 Å². The zero-order valence-corrected chi connectivity index (χ0v) is 17.7. The standard InChI is InChI=1S/C23H18ClN3O2S/c1-2-14-7-9-15(10-8-14)21(28)27-23(30)25-16-11-12-18(24)17(13-16)22-26-19-5-3-4-6-20(19)29-22/h3-13H,2H2,1H3,(H2,25,27,28,30). The van der Waals surface area contributed by atoms with Crippen molar-refractivity contribution >= 4 is 51.6 Å². The third kappa shape index (κ3) is 4.35. The van der Waals surface area contributed by atoms with Gasteiger partial charge in [-0.15, -0.1) is 0 Å². The molecule has 1 heterocycles. The zero-order valence-electron chi connectivity index (χ0n) is 16.1. The van der Waals surface area contributed by atoms with Crippen molar-refractivity contribution in [1.82, 2.24) is 10.3 Å². The van der Waals surface area contributed by atoms with Crippen molar-refractivity contribution in [2.24, 2.45) is 0 Å². The molecule has 0 aliphatic carbocycles. The van der Waals surface area contributed by atoms with Crippen molar-refractivity contribution in [3.05, 3.63) is 82.9 Å². The van der Waals surface area contributed by atoms with E-state index in [1.807, 2.05) is 36.4 Å². The fourth-order valence-electron chi connectivity index (χ4n) is 2.98. The number of hydrogen-bond acceptors (Lipinski definition) is 4. The van der Waals surface area contributed by atoms with Crippen molar-refractivity contribution in [2.45, 2.75) is 13.3 Å². The lowest BCUT2D eigenvalue weighted by Crippen LogP contribution is -2.34. The maximum atomic E-state index is 12.4. The second-order valence-corrected chi connectivity index (χ2v) is 7.46. The summed E-state index contributed by atoms with van der Waals surface area (Å²) in [5, 5.41) is 6.38. The van der Waals surface area contributed by atoms with Crippen LogP contribution in [-0.4, -0.2) is 16.0 Å². The summed E-state index contributed by atoms with van der Waals surface area (Å²) < 4.78 is 5.81. The first-order chi connectivity index (χ1) is 14.5. The molecule has 0 bridgehead atoms. The number of benzene rings is 3. The highest BCUT2D eigenvalue weighted by atomic mass is 35.5. The van der Waals surface area contributed by atoms with Gasteiger partial charge in [0.15, 0.2) is 10.7 Å². The Bertz CT molecular complexity index is 1200. The van der Waals surface area contributed by atoms with E-state index in [1.165, 1.54) is 5.56 Å². The molecule has 150 valence electrons. The summed E-state index contributed by atoms with van der Waals surface area (Å²) in [5.74, 6) is 0.138. The molecule has 5 nitrogen and oxygen atoms in total. The van der Waals surface area contributed by atoms with Gasteiger partial charge in [0.05, 0.1) is 10.6 Å². The van der Waals surface area contributed by atoms with Crippen LogP contribution in [-0.2, 0) is 6.42 Å². The SMILES string of the molecule is CCc1ccc(C(=O)NC(=S)Nc2ccc(Cl)c(-c3nc4ccccc4o3)c2)cc1. The van der Waals surface area contributed by atoms with Crippen molar-refractivity contribution in [3.8, 4) is 11.5 Å². The average molecular weight is 436 g/mol. The highest BCUT2D eigenvalue weighted by Crippen LogP contribution is 2.32. The number of carbonyl (C=O) groups excluding carboxylic acids is 1. The van der Waals surface area contributed by atoms with E-state index in [-0.39, 0.29) is 11.0 Å². The lowest BCUT2D eigenvalue weighted by Gasteiger charge is -2.11. The molecule has 0 radical (unpaired) electrons. The summed E-state index contributed by atoms with van der Waals surface area (Å²) in [4.78, 5) is 16.9. The average Bonchev–Trinajstić information content (AvgIpc) is 3.19. The van der Waals surface area contributed by atoms with Crippen LogP contribution in [0.15, 0.2) is 71.1 Å². The van der Waals surface area contributed by atoms with Gasteiger partial charge in [-0.05, 0) is 66.7 Å². The lowest BCUT2D eigenvalue weighted by atomic mass is 10.1. The van der Waals surface area contributed by atoms with Gasteiger partial charge < -0.3 is 9.73 Å². The Morgan fingerprint density at radius 2 is 1.87 bits per heavy atom. The maximum Gasteiger partial charge on any atom is 0.257 e. The van der Waals surface area contributed by atoms with Crippen molar-refractivity contribution in [3.63, 3.8) is 0 Å². The first-order valence-electron chi connectivity index (χ1n) is 9.40. The van der Waals surface area contributed by atoms with Gasteiger partial charge in [0.25, 0.3) is 5.91 Å². The minimum absolute atomic E-state index is 0.186. The number of aryl methyl sites for hydroxylation is 1. The number of para-hydroxylation sites is 2. The number of fused-ring (bicyclic) bond motifs is 1. The highest BCUT2D eigenvalue weighted by Gasteiger charge is 2.14. The van der Waals surface area contributed by atoms with E-state index in [4.69, 9.17) is 28.2 Å². The molecule has 0 aliphatic heterocycles. The summed E-state index contributed by atoms with van der Waals surface area (Å²) in [5.41, 5.74) is 4.42. The van der Waals surface area contributed by atoms with Crippen molar-refractivity contribution in [2.75, 3.05) is 5.32 Å². The highest BCUT2D eigenvalue weighted by molar-refractivity contribution is 7.80. The van der Waals surface area contributed by atoms with Gasteiger partial charge in [0.1, 0.15) is 5.52 Å². The lowest BCUT2D eigenvalue weighted by molar-refractivity contribution is 0.0977. The maximum absolute atomic E-state index is 12.4. The molecule has 3 aromatic carbocycles. The van der Waals surface area contributed by atoms with E-state index in [0.29, 0.717) is 33.3 Å². The number of nitrogens with zero attached hydrogens (tertiary/aromatic N) is 1. The normalized spacial score (nSPS) is 10.7. The molecule has 0 saturated carbocycles. The molecule has 4 rings (SSSR count). The second kappa shape index (κ2) is 8.65. The molecule has 1 aromatic heterocycles. The van der Waals surface area contributed by atoms with E-state index in [1.54, 1.807) is 30.3 Å². The van der Waals surface area contributed by atoms with Crippen LogP contribution in [0.5, 0.6) is 0 Å². The van der Waals surface area contributed by atoms with Crippen LogP contribution in [0.3, 0.4) is 0 Å². The van der Waals surface area contributed by atoms with Gasteiger partial charge in [-0.2, -0.15) is 0 Å². The number of oxazole rings is 1. The van der Waals surface area contributed by atoms with Crippen LogP contribution in [0.1, 0.15) is 22.8 Å². The van der Waals surface area contributed by atoms with Gasteiger partial charge in [-0.25, -0.2) is 4.98 Å². The number of rotatable bonds is 4. The number of halogens is 1. The van der Waals surface area contributed by atoms with Crippen molar-refractivity contribution < 1.29 is 9.21 Å². The summed E-state index contributed by atoms with van der Waals surface area (Å²) in [6.45, 7) is 2.06. The van der Waals surface area contributed by atoms with E-state index < -0.39 is 0 Å². The Hall–Kier alpha value is -3.22. The van der Waals surface area contributed by atoms with Crippen LogP contribution in [0, 0.1) is 0 Å². The molecular weight excluding hydrogens is 418 g/mol. The molecule has 2 N–H and O–H groups in total. The monoisotopic (exact) mass is 435 g/mol. The molecule has 7 heteroatoms. The van der Waals surface area contributed by atoms with Gasteiger partial charge in [0, 0.05) is 11.3 Å². The quantitative estimate of drug-likeness (QED) is 0.394. The molecule has 0 aliphatic rings. The second-order valence-electron chi connectivity index (χ2n) is 6.64. The number of nitrogens with one attached hydrogen (secondary N) is 2. The number of amides is 1. The topological polar surface area (TPSA) is 67.2 Å². The molecule has 1 amide bonds. The number of thiocarbonyl (C=S) groups is 1. The minimum Gasteiger partial charge on any atom is -0.436 e. The van der Waals surface area contributed by atoms with Crippen LogP contribution in [0.2, 0.25) is 5.02 Å². The first kappa shape index (κ1) is 20.1. The van der Waals surface area contributed by atoms with Crippen molar-refractivity contribution in [1.29, 1.82) is 0 Å². The Labute approximate surface area is 184 Å². The fourth-order valence-corrected chi connectivity index (χ4v) is 3.39. The minimum atomic E-state index is -0.275. The summed E-state index contributed by atoms with van der Waals surface area (Å²) in [7, 11) is 0. The molecule has 0 fully saturated rings. The molecule has 0 saturated heterocycles. The summed E-state index contributed by atoms with van der Waals surface area (Å²) in [6.07, 6.45) is 0.918. The molecular formula is C23H18ClN3O2S. The molecule has 0 spiro atoms. The van der Waals surface area contributed by atoms with Crippen LogP contribution < -0.4 is 10.6 Å². The van der Waals surface area contributed by atoms with Gasteiger partial charge >= 0.3 is 0 Å². The number of anilines is 1. The predicted molar refractivity (Wildman–Crippen MR) is 124 cm³/mol. The molecule has 30 heavy (non-hydrogen) atoms. The molecule has 0 atom stereocenters. The number of hydrogen-bond donors (Lipinski definition) is 2. The Kier molecular flexibility index (Phi) is 5.79. The largest absolute Gasteiger partial charge is 0.436 e. The number of aromatic nitrogens is 1. The Balaban J connectivity index is 1.49. The first-order valence-corrected chi connectivity index (χ1v) is 10.2. The molecule has 4 aromatic rings. The van der Waals surface area contributed by atoms with E-state index >= 15 is 0 Å². The summed E-state index contributed by atoms with van der Waals surface area (Å²) in [6, 6.07) is 20.2. The van der Waals surface area contributed by atoms with Crippen LogP contribution in [0.25, 0.3) is 22.6 Å². The fraction of sp³-hybridized carbons (Fsp3) is 0.0870.